The number of sulfonamides is 1. The number of hydrogen-bond donors (Lipinski definition) is 1. The number of halogens is 1. The molecule has 0 heterocycles. The maximum Gasteiger partial charge on any atom is 0.329 e. The topological polar surface area (TPSA) is 102 Å². The van der Waals surface area contributed by atoms with Crippen molar-refractivity contribution in [2.45, 2.75) is 24.8 Å². The molecule has 0 bridgehead atoms. The van der Waals surface area contributed by atoms with Crippen LogP contribution in [-0.4, -0.2) is 58.0 Å². The first kappa shape index (κ1) is 25.6. The highest BCUT2D eigenvalue weighted by Gasteiger charge is 2.26. The summed E-state index contributed by atoms with van der Waals surface area (Å²) in [5.41, 5.74) is 0.274. The first-order chi connectivity index (χ1) is 15.0. The highest BCUT2D eigenvalue weighted by molar-refractivity contribution is 7.89. The number of nitrogens with one attached hydrogen (secondary N) is 1. The van der Waals surface area contributed by atoms with Crippen LogP contribution in [0.25, 0.3) is 0 Å². The molecule has 174 valence electrons. The Morgan fingerprint density at radius 1 is 1.03 bits per heavy atom. The molecule has 32 heavy (non-hydrogen) atoms. The standard InChI is InChI=1S/C22H27ClN2O6S/c1-15(2)20(24-21(26)18-7-5-6-8-19(18)23)22(27)31-14-13-30-16-9-11-17(12-10-16)32(28,29)25(3)4/h5-12,15,20H,13-14H2,1-4H3,(H,24,26)/t20-/m0/s1. The van der Waals surface area contributed by atoms with Gasteiger partial charge in [0, 0.05) is 14.1 Å². The van der Waals surface area contributed by atoms with Gasteiger partial charge in [0.2, 0.25) is 10.0 Å². The molecule has 2 aromatic carbocycles. The molecule has 0 aliphatic carbocycles. The highest BCUT2D eigenvalue weighted by atomic mass is 35.5. The molecule has 0 unspecified atom stereocenters. The lowest BCUT2D eigenvalue weighted by Gasteiger charge is -2.21. The molecular weight excluding hydrogens is 456 g/mol. The van der Waals surface area contributed by atoms with E-state index in [1.54, 1.807) is 38.1 Å². The van der Waals surface area contributed by atoms with Gasteiger partial charge in [0.25, 0.3) is 5.91 Å². The van der Waals surface area contributed by atoms with Crippen LogP contribution in [-0.2, 0) is 19.6 Å². The number of carbonyl (C=O) groups excluding carboxylic acids is 2. The molecule has 2 aromatic rings. The number of ether oxygens (including phenoxy) is 2. The molecule has 0 aliphatic rings. The second kappa shape index (κ2) is 11.3. The highest BCUT2D eigenvalue weighted by Crippen LogP contribution is 2.18. The molecule has 0 radical (unpaired) electrons. The average molecular weight is 483 g/mol. The lowest BCUT2D eigenvalue weighted by Crippen LogP contribution is -2.45. The predicted molar refractivity (Wildman–Crippen MR) is 121 cm³/mol. The second-order valence-electron chi connectivity index (χ2n) is 7.45. The molecule has 1 amide bonds. The van der Waals surface area contributed by atoms with E-state index in [0.29, 0.717) is 10.8 Å². The summed E-state index contributed by atoms with van der Waals surface area (Å²) >= 11 is 6.04. The van der Waals surface area contributed by atoms with Gasteiger partial charge in [-0.2, -0.15) is 0 Å². The van der Waals surface area contributed by atoms with E-state index in [-0.39, 0.29) is 29.6 Å². The van der Waals surface area contributed by atoms with Crippen molar-refractivity contribution in [3.05, 3.63) is 59.1 Å². The van der Waals surface area contributed by atoms with Crippen LogP contribution in [0.4, 0.5) is 0 Å². The summed E-state index contributed by atoms with van der Waals surface area (Å²) in [6, 6.07) is 11.6. The second-order valence-corrected chi connectivity index (χ2v) is 10.0. The summed E-state index contributed by atoms with van der Waals surface area (Å²) in [4.78, 5) is 25.1. The van der Waals surface area contributed by atoms with Crippen molar-refractivity contribution in [1.29, 1.82) is 0 Å². The molecule has 0 fully saturated rings. The van der Waals surface area contributed by atoms with Crippen LogP contribution in [0, 0.1) is 5.92 Å². The summed E-state index contributed by atoms with van der Waals surface area (Å²) in [5.74, 6) is -0.820. The van der Waals surface area contributed by atoms with Crippen LogP contribution >= 0.6 is 11.6 Å². The third kappa shape index (κ3) is 6.69. The molecule has 0 spiro atoms. The van der Waals surface area contributed by atoms with Crippen LogP contribution in [0.3, 0.4) is 0 Å². The Hall–Kier alpha value is -2.62. The van der Waals surface area contributed by atoms with Gasteiger partial charge in [-0.3, -0.25) is 4.79 Å². The molecule has 0 saturated heterocycles. The number of amides is 1. The first-order valence-electron chi connectivity index (χ1n) is 9.91. The third-order valence-electron chi connectivity index (χ3n) is 4.52. The van der Waals surface area contributed by atoms with Gasteiger partial charge in [-0.25, -0.2) is 17.5 Å². The van der Waals surface area contributed by atoms with Crippen molar-refractivity contribution in [3.8, 4) is 5.75 Å². The molecule has 1 N–H and O–H groups in total. The Balaban J connectivity index is 1.87. The van der Waals surface area contributed by atoms with Crippen LogP contribution in [0.5, 0.6) is 5.75 Å². The number of benzene rings is 2. The van der Waals surface area contributed by atoms with Gasteiger partial charge >= 0.3 is 5.97 Å². The van der Waals surface area contributed by atoms with Crippen LogP contribution < -0.4 is 10.1 Å². The summed E-state index contributed by atoms with van der Waals surface area (Å²) in [6.07, 6.45) is 0. The van der Waals surface area contributed by atoms with Crippen molar-refractivity contribution in [2.75, 3.05) is 27.3 Å². The summed E-state index contributed by atoms with van der Waals surface area (Å²) in [7, 11) is -0.607. The fraction of sp³-hybridized carbons (Fsp3) is 0.364. The van der Waals surface area contributed by atoms with Crippen LogP contribution in [0.2, 0.25) is 5.02 Å². The van der Waals surface area contributed by atoms with E-state index in [0.717, 1.165) is 4.31 Å². The number of carbonyl (C=O) groups is 2. The Kier molecular flexibility index (Phi) is 9.06. The number of hydrogen-bond acceptors (Lipinski definition) is 6. The van der Waals surface area contributed by atoms with Crippen molar-refractivity contribution in [3.63, 3.8) is 0 Å². The molecule has 0 saturated carbocycles. The van der Waals surface area contributed by atoms with E-state index in [1.807, 2.05) is 0 Å². The Bertz CT molecular complexity index is 1040. The van der Waals surface area contributed by atoms with E-state index in [2.05, 4.69) is 5.32 Å². The Labute approximate surface area is 193 Å². The maximum atomic E-state index is 12.5. The van der Waals surface area contributed by atoms with Crippen LogP contribution in [0.15, 0.2) is 53.4 Å². The van der Waals surface area contributed by atoms with E-state index >= 15 is 0 Å². The Morgan fingerprint density at radius 2 is 1.66 bits per heavy atom. The zero-order valence-corrected chi connectivity index (χ0v) is 19.9. The minimum Gasteiger partial charge on any atom is -0.490 e. The predicted octanol–water partition coefficient (Wildman–Crippen LogP) is 2.97. The van der Waals surface area contributed by atoms with Gasteiger partial charge in [0.15, 0.2) is 0 Å². The fourth-order valence-corrected chi connectivity index (χ4v) is 3.80. The van der Waals surface area contributed by atoms with Gasteiger partial charge in [-0.15, -0.1) is 0 Å². The normalized spacial score (nSPS) is 12.5. The van der Waals surface area contributed by atoms with Crippen LogP contribution in [0.1, 0.15) is 24.2 Å². The number of esters is 1. The smallest absolute Gasteiger partial charge is 0.329 e. The van der Waals surface area contributed by atoms with Gasteiger partial charge < -0.3 is 14.8 Å². The number of nitrogens with zero attached hydrogens (tertiary/aromatic N) is 1. The Morgan fingerprint density at radius 3 is 2.22 bits per heavy atom. The first-order valence-corrected chi connectivity index (χ1v) is 11.7. The third-order valence-corrected chi connectivity index (χ3v) is 6.68. The summed E-state index contributed by atoms with van der Waals surface area (Å²) in [6.45, 7) is 3.61. The SMILES string of the molecule is CC(C)[C@H](NC(=O)c1ccccc1Cl)C(=O)OCCOc1ccc(S(=O)(=O)N(C)C)cc1. The van der Waals surface area contributed by atoms with E-state index in [4.69, 9.17) is 21.1 Å². The minimum absolute atomic E-state index is 0.0399. The van der Waals surface area contributed by atoms with Crippen molar-refractivity contribution in [2.24, 2.45) is 5.92 Å². The lowest BCUT2D eigenvalue weighted by molar-refractivity contribution is -0.147. The molecule has 1 atom stereocenters. The van der Waals surface area contributed by atoms with Crippen molar-refractivity contribution >= 4 is 33.5 Å². The molecular formula is C22H27ClN2O6S. The van der Waals surface area contributed by atoms with Crippen molar-refractivity contribution in [1.82, 2.24) is 9.62 Å². The van der Waals surface area contributed by atoms with E-state index < -0.39 is 27.9 Å². The quantitative estimate of drug-likeness (QED) is 0.412. The monoisotopic (exact) mass is 482 g/mol. The van der Waals surface area contributed by atoms with E-state index in [1.165, 1.54) is 38.4 Å². The van der Waals surface area contributed by atoms with Gasteiger partial charge in [0.05, 0.1) is 15.5 Å². The van der Waals surface area contributed by atoms with Gasteiger partial charge in [-0.1, -0.05) is 37.6 Å². The molecule has 2 rings (SSSR count). The van der Waals surface area contributed by atoms with Gasteiger partial charge in [0.1, 0.15) is 25.0 Å². The number of rotatable bonds is 10. The van der Waals surface area contributed by atoms with Gasteiger partial charge in [-0.05, 0) is 42.3 Å². The van der Waals surface area contributed by atoms with E-state index in [9.17, 15) is 18.0 Å². The molecule has 0 aliphatic heterocycles. The lowest BCUT2D eigenvalue weighted by atomic mass is 10.0. The average Bonchev–Trinajstić information content (AvgIpc) is 2.75. The molecule has 0 aromatic heterocycles. The minimum atomic E-state index is -3.51. The fourth-order valence-electron chi connectivity index (χ4n) is 2.67. The largest absolute Gasteiger partial charge is 0.490 e. The van der Waals surface area contributed by atoms with Crippen molar-refractivity contribution < 1.29 is 27.5 Å². The molecule has 8 nitrogen and oxygen atoms in total. The molecule has 10 heteroatoms. The summed E-state index contributed by atoms with van der Waals surface area (Å²) < 4.78 is 36.0. The summed E-state index contributed by atoms with van der Waals surface area (Å²) in [5, 5.41) is 2.95. The zero-order valence-electron chi connectivity index (χ0n) is 18.4. The maximum absolute atomic E-state index is 12.5. The zero-order chi connectivity index (χ0) is 23.9.